The van der Waals surface area contributed by atoms with Gasteiger partial charge in [0.05, 0.1) is 5.56 Å². The maximum Gasteiger partial charge on any atom is 0.408 e. The van der Waals surface area contributed by atoms with Gasteiger partial charge in [0.1, 0.15) is 12.6 Å². The Labute approximate surface area is 139 Å². The first-order valence-electron chi connectivity index (χ1n) is 7.34. The van der Waals surface area contributed by atoms with E-state index >= 15 is 0 Å². The molecule has 0 fully saturated rings. The van der Waals surface area contributed by atoms with Gasteiger partial charge in [-0.3, -0.25) is 0 Å². The number of ether oxygens (including phenoxy) is 2. The Bertz CT molecular complexity index is 700. The van der Waals surface area contributed by atoms with E-state index in [-0.39, 0.29) is 12.2 Å². The maximum absolute atomic E-state index is 11.8. The monoisotopic (exact) mass is 327 g/mol. The SMILES string of the molecule is C[C@H](NC(=O)OCc1ccccc1)C(=O)OC(=O)c1ccccc1. The molecule has 0 aliphatic heterocycles. The summed E-state index contributed by atoms with van der Waals surface area (Å²) < 4.78 is 9.71. The fourth-order valence-electron chi connectivity index (χ4n) is 1.81. The molecule has 6 nitrogen and oxygen atoms in total. The zero-order valence-electron chi connectivity index (χ0n) is 13.1. The summed E-state index contributed by atoms with van der Waals surface area (Å²) in [5, 5.41) is 2.32. The van der Waals surface area contributed by atoms with E-state index in [2.05, 4.69) is 5.32 Å². The zero-order chi connectivity index (χ0) is 17.4. The van der Waals surface area contributed by atoms with E-state index < -0.39 is 24.1 Å². The number of hydrogen-bond acceptors (Lipinski definition) is 5. The third kappa shape index (κ3) is 5.24. The Morgan fingerprint density at radius 1 is 0.958 bits per heavy atom. The summed E-state index contributed by atoms with van der Waals surface area (Å²) in [6, 6.07) is 16.2. The summed E-state index contributed by atoms with van der Waals surface area (Å²) in [6.45, 7) is 1.49. The topological polar surface area (TPSA) is 81.7 Å². The minimum absolute atomic E-state index is 0.0807. The van der Waals surface area contributed by atoms with Crippen molar-refractivity contribution in [3.8, 4) is 0 Å². The molecular weight excluding hydrogens is 310 g/mol. The average molecular weight is 327 g/mol. The van der Waals surface area contributed by atoms with Gasteiger partial charge in [-0.2, -0.15) is 0 Å². The van der Waals surface area contributed by atoms with Gasteiger partial charge in [0.15, 0.2) is 0 Å². The van der Waals surface area contributed by atoms with E-state index in [1.54, 1.807) is 18.2 Å². The summed E-state index contributed by atoms with van der Waals surface area (Å²) in [7, 11) is 0. The smallest absolute Gasteiger partial charge is 0.408 e. The molecule has 0 bridgehead atoms. The lowest BCUT2D eigenvalue weighted by Crippen LogP contribution is -2.40. The summed E-state index contributed by atoms with van der Waals surface area (Å²) in [6.07, 6.45) is -0.768. The van der Waals surface area contributed by atoms with E-state index in [9.17, 15) is 14.4 Å². The van der Waals surface area contributed by atoms with Gasteiger partial charge in [-0.25, -0.2) is 14.4 Å². The third-order valence-electron chi connectivity index (χ3n) is 3.10. The molecule has 0 aliphatic carbocycles. The van der Waals surface area contributed by atoms with Crippen molar-refractivity contribution in [1.29, 1.82) is 0 Å². The summed E-state index contributed by atoms with van der Waals surface area (Å²) in [4.78, 5) is 35.3. The molecule has 0 aliphatic rings. The summed E-state index contributed by atoms with van der Waals surface area (Å²) in [5.74, 6) is -1.63. The zero-order valence-corrected chi connectivity index (χ0v) is 13.1. The molecule has 0 spiro atoms. The number of carbonyl (C=O) groups is 3. The van der Waals surface area contributed by atoms with Crippen molar-refractivity contribution in [3.63, 3.8) is 0 Å². The normalized spacial score (nSPS) is 11.2. The number of esters is 2. The molecule has 0 unspecified atom stereocenters. The third-order valence-corrected chi connectivity index (χ3v) is 3.10. The highest BCUT2D eigenvalue weighted by Gasteiger charge is 2.21. The van der Waals surface area contributed by atoms with E-state index in [1.807, 2.05) is 30.3 Å². The molecule has 24 heavy (non-hydrogen) atoms. The van der Waals surface area contributed by atoms with Crippen molar-refractivity contribution in [3.05, 3.63) is 71.8 Å². The number of amides is 1. The Kier molecular flexibility index (Phi) is 6.08. The molecule has 2 aromatic rings. The molecule has 1 amide bonds. The van der Waals surface area contributed by atoms with Crippen LogP contribution in [0.1, 0.15) is 22.8 Å². The van der Waals surface area contributed by atoms with Gasteiger partial charge in [0, 0.05) is 0 Å². The summed E-state index contributed by atoms with van der Waals surface area (Å²) >= 11 is 0. The lowest BCUT2D eigenvalue weighted by Gasteiger charge is -2.12. The number of nitrogens with one attached hydrogen (secondary N) is 1. The van der Waals surface area contributed by atoms with Crippen molar-refractivity contribution < 1.29 is 23.9 Å². The van der Waals surface area contributed by atoms with Crippen LogP contribution in [0.15, 0.2) is 60.7 Å². The first-order valence-corrected chi connectivity index (χ1v) is 7.34. The molecule has 1 atom stereocenters. The van der Waals surface area contributed by atoms with Crippen molar-refractivity contribution in [2.75, 3.05) is 0 Å². The fourth-order valence-corrected chi connectivity index (χ4v) is 1.81. The average Bonchev–Trinajstić information content (AvgIpc) is 2.61. The number of benzene rings is 2. The van der Waals surface area contributed by atoms with Crippen molar-refractivity contribution >= 4 is 18.0 Å². The van der Waals surface area contributed by atoms with Crippen LogP contribution >= 0.6 is 0 Å². The van der Waals surface area contributed by atoms with Crippen LogP contribution < -0.4 is 5.32 Å². The molecule has 0 saturated heterocycles. The predicted octanol–water partition coefficient (Wildman–Crippen LogP) is 2.68. The Hall–Kier alpha value is -3.15. The summed E-state index contributed by atoms with van der Waals surface area (Å²) in [5.41, 5.74) is 1.08. The Morgan fingerprint density at radius 3 is 2.17 bits per heavy atom. The fraction of sp³-hybridized carbons (Fsp3) is 0.167. The Balaban J connectivity index is 1.78. The van der Waals surface area contributed by atoms with Crippen LogP contribution in [0.4, 0.5) is 4.79 Å². The van der Waals surface area contributed by atoms with E-state index in [4.69, 9.17) is 9.47 Å². The highest BCUT2D eigenvalue weighted by atomic mass is 16.6. The van der Waals surface area contributed by atoms with Crippen molar-refractivity contribution in [2.24, 2.45) is 0 Å². The Morgan fingerprint density at radius 2 is 1.54 bits per heavy atom. The lowest BCUT2D eigenvalue weighted by molar-refractivity contribution is -0.139. The first kappa shape index (κ1) is 17.2. The van der Waals surface area contributed by atoms with Crippen molar-refractivity contribution in [2.45, 2.75) is 19.6 Å². The highest BCUT2D eigenvalue weighted by Crippen LogP contribution is 2.03. The minimum atomic E-state index is -1.01. The van der Waals surface area contributed by atoms with Gasteiger partial charge in [-0.1, -0.05) is 48.5 Å². The van der Waals surface area contributed by atoms with E-state index in [0.29, 0.717) is 0 Å². The van der Waals surface area contributed by atoms with Crippen LogP contribution in [0.5, 0.6) is 0 Å². The molecule has 1 N–H and O–H groups in total. The van der Waals surface area contributed by atoms with Crippen LogP contribution in [-0.2, 0) is 20.9 Å². The molecule has 124 valence electrons. The van der Waals surface area contributed by atoms with E-state index in [1.165, 1.54) is 19.1 Å². The van der Waals surface area contributed by atoms with Crippen molar-refractivity contribution in [1.82, 2.24) is 5.32 Å². The second kappa shape index (κ2) is 8.47. The largest absolute Gasteiger partial charge is 0.445 e. The van der Waals surface area contributed by atoms with Crippen LogP contribution in [0, 0.1) is 0 Å². The van der Waals surface area contributed by atoms with Crippen LogP contribution in [0.2, 0.25) is 0 Å². The van der Waals surface area contributed by atoms with Gasteiger partial charge in [0.25, 0.3) is 0 Å². The molecule has 0 aromatic heterocycles. The van der Waals surface area contributed by atoms with Gasteiger partial charge in [-0.05, 0) is 24.6 Å². The van der Waals surface area contributed by atoms with Gasteiger partial charge >= 0.3 is 18.0 Å². The molecule has 2 aromatic carbocycles. The van der Waals surface area contributed by atoms with Crippen LogP contribution in [-0.4, -0.2) is 24.1 Å². The standard InChI is InChI=1S/C18H17NO5/c1-13(16(20)24-17(21)15-10-6-3-7-11-15)19-18(22)23-12-14-8-4-2-5-9-14/h2-11,13H,12H2,1H3,(H,19,22)/t13-/m0/s1. The number of carbonyl (C=O) groups excluding carboxylic acids is 3. The number of hydrogen-bond donors (Lipinski definition) is 1. The quantitative estimate of drug-likeness (QED) is 0.674. The lowest BCUT2D eigenvalue weighted by atomic mass is 10.2. The molecule has 0 heterocycles. The number of alkyl carbamates (subject to hydrolysis) is 1. The molecule has 0 saturated carbocycles. The second-order valence-electron chi connectivity index (χ2n) is 5.00. The highest BCUT2D eigenvalue weighted by molar-refractivity contribution is 5.98. The molecule has 2 rings (SSSR count). The molecule has 6 heteroatoms. The number of rotatable bonds is 5. The predicted molar refractivity (Wildman–Crippen MR) is 86.1 cm³/mol. The molecule has 0 radical (unpaired) electrons. The minimum Gasteiger partial charge on any atom is -0.445 e. The van der Waals surface area contributed by atoms with Gasteiger partial charge < -0.3 is 14.8 Å². The van der Waals surface area contributed by atoms with E-state index in [0.717, 1.165) is 5.56 Å². The van der Waals surface area contributed by atoms with Gasteiger partial charge in [0.2, 0.25) is 0 Å². The first-order chi connectivity index (χ1) is 11.6. The van der Waals surface area contributed by atoms with Crippen LogP contribution in [0.3, 0.4) is 0 Å². The van der Waals surface area contributed by atoms with Gasteiger partial charge in [-0.15, -0.1) is 0 Å². The maximum atomic E-state index is 11.8. The molecular formula is C18H17NO5. The van der Waals surface area contributed by atoms with Crippen LogP contribution in [0.25, 0.3) is 0 Å². The second-order valence-corrected chi connectivity index (χ2v) is 5.00.